The van der Waals surface area contributed by atoms with Crippen molar-refractivity contribution in [3.63, 3.8) is 0 Å². The molecule has 0 spiro atoms. The highest BCUT2D eigenvalue weighted by Gasteiger charge is 2.28. The molecule has 8 nitrogen and oxygen atoms in total. The van der Waals surface area contributed by atoms with Gasteiger partial charge in [-0.3, -0.25) is 9.36 Å². The van der Waals surface area contributed by atoms with Crippen LogP contribution in [0.4, 0.5) is 5.95 Å². The van der Waals surface area contributed by atoms with Gasteiger partial charge in [-0.2, -0.15) is 4.98 Å². The lowest BCUT2D eigenvalue weighted by atomic mass is 10.1. The van der Waals surface area contributed by atoms with E-state index in [1.165, 1.54) is 0 Å². The molecule has 1 saturated heterocycles. The Morgan fingerprint density at radius 2 is 2.00 bits per heavy atom. The number of hydrogen-bond acceptors (Lipinski definition) is 6. The second-order valence-corrected chi connectivity index (χ2v) is 9.28. The first-order chi connectivity index (χ1) is 14.6. The molecule has 3 heterocycles. The van der Waals surface area contributed by atoms with Crippen LogP contribution in [-0.2, 0) is 10.0 Å². The van der Waals surface area contributed by atoms with E-state index in [1.807, 2.05) is 0 Å². The number of aromatic nitrogens is 3. The topological polar surface area (TPSA) is 97.2 Å². The second kappa shape index (κ2) is 7.44. The van der Waals surface area contributed by atoms with Crippen LogP contribution >= 0.6 is 0 Å². The standard InChI is InChI=1S/C19H27N5O3S/c1-13-4-3-5-16(13)24-17(25)7-6-14-12-20-19(22-18(14)24)21-15-8-10-23(11-9-15)28(2,26)27/h6-7,12-13,15-16H,3-5,8-11H2,1-2H3,(H,20,21,22)/t13-,16+/m0/s1/i2D3. The molecule has 2 aromatic heterocycles. The molecule has 0 aromatic carbocycles. The maximum absolute atomic E-state index is 12.7. The average Bonchev–Trinajstić information content (AvgIpc) is 3.13. The van der Waals surface area contributed by atoms with Crippen LogP contribution in [0.1, 0.15) is 49.2 Å². The number of sulfonamides is 1. The molecule has 1 N–H and O–H groups in total. The van der Waals surface area contributed by atoms with E-state index in [9.17, 15) is 13.2 Å². The highest BCUT2D eigenvalue weighted by atomic mass is 32.2. The van der Waals surface area contributed by atoms with Gasteiger partial charge in [-0.25, -0.2) is 17.7 Å². The highest BCUT2D eigenvalue weighted by molar-refractivity contribution is 7.88. The molecule has 1 aliphatic carbocycles. The molecule has 2 aromatic rings. The van der Waals surface area contributed by atoms with E-state index >= 15 is 0 Å². The van der Waals surface area contributed by atoms with Gasteiger partial charge in [-0.05, 0) is 37.7 Å². The van der Waals surface area contributed by atoms with Gasteiger partial charge < -0.3 is 5.32 Å². The fraction of sp³-hybridized carbons (Fsp3) is 0.632. The molecule has 4 rings (SSSR count). The van der Waals surface area contributed by atoms with E-state index < -0.39 is 16.2 Å². The van der Waals surface area contributed by atoms with Crippen LogP contribution in [-0.4, -0.2) is 52.6 Å². The number of piperidine rings is 1. The molecule has 0 unspecified atom stereocenters. The van der Waals surface area contributed by atoms with Crippen molar-refractivity contribution in [2.24, 2.45) is 5.92 Å². The molecule has 1 aliphatic heterocycles. The number of fused-ring (bicyclic) bond motifs is 1. The largest absolute Gasteiger partial charge is 0.351 e. The van der Waals surface area contributed by atoms with E-state index in [4.69, 9.17) is 4.11 Å². The smallest absolute Gasteiger partial charge is 0.252 e. The van der Waals surface area contributed by atoms with Gasteiger partial charge in [0.1, 0.15) is 5.65 Å². The number of rotatable bonds is 4. The predicted octanol–water partition coefficient (Wildman–Crippen LogP) is 1.99. The third-order valence-electron chi connectivity index (χ3n) is 5.94. The molecule has 0 radical (unpaired) electrons. The summed E-state index contributed by atoms with van der Waals surface area (Å²) < 4.78 is 48.8. The van der Waals surface area contributed by atoms with Gasteiger partial charge in [-0.1, -0.05) is 13.3 Å². The van der Waals surface area contributed by atoms with Gasteiger partial charge in [0.2, 0.25) is 16.0 Å². The van der Waals surface area contributed by atoms with Crippen molar-refractivity contribution >= 4 is 27.0 Å². The van der Waals surface area contributed by atoms with Crippen molar-refractivity contribution < 1.29 is 12.5 Å². The summed E-state index contributed by atoms with van der Waals surface area (Å²) in [5, 5.41) is 4.03. The summed E-state index contributed by atoms with van der Waals surface area (Å²) in [5.41, 5.74) is 0.533. The van der Waals surface area contributed by atoms with Crippen LogP contribution in [0, 0.1) is 5.92 Å². The Kier molecular flexibility index (Phi) is 4.22. The maximum Gasteiger partial charge on any atom is 0.252 e. The summed E-state index contributed by atoms with van der Waals surface area (Å²) in [6, 6.07) is 3.32. The van der Waals surface area contributed by atoms with Crippen molar-refractivity contribution in [1.82, 2.24) is 18.8 Å². The molecule has 2 atom stereocenters. The quantitative estimate of drug-likeness (QED) is 0.831. The number of hydrogen-bond donors (Lipinski definition) is 1. The number of pyridine rings is 1. The Balaban J connectivity index is 1.53. The molecule has 152 valence electrons. The minimum Gasteiger partial charge on any atom is -0.351 e. The molecule has 2 fully saturated rings. The van der Waals surface area contributed by atoms with E-state index in [0.29, 0.717) is 30.4 Å². The lowest BCUT2D eigenvalue weighted by Gasteiger charge is -2.30. The van der Waals surface area contributed by atoms with Gasteiger partial charge >= 0.3 is 0 Å². The van der Waals surface area contributed by atoms with Crippen LogP contribution < -0.4 is 10.9 Å². The van der Waals surface area contributed by atoms with Crippen LogP contribution in [0.2, 0.25) is 0 Å². The Bertz CT molecular complexity index is 1130. The Morgan fingerprint density at radius 3 is 2.68 bits per heavy atom. The SMILES string of the molecule is [2H]C([2H])([2H])S(=O)(=O)N1CCC(Nc2ncc3ccc(=O)n([C@@H]4CCC[C@@H]4C)c3n2)CC1. The molecular formula is C19H27N5O3S. The van der Waals surface area contributed by atoms with Gasteiger partial charge in [0, 0.05) is 46.9 Å². The highest BCUT2D eigenvalue weighted by Crippen LogP contribution is 2.35. The first-order valence-corrected chi connectivity index (χ1v) is 11.2. The van der Waals surface area contributed by atoms with Gasteiger partial charge in [0.25, 0.3) is 5.56 Å². The fourth-order valence-corrected chi connectivity index (χ4v) is 5.05. The zero-order chi connectivity index (χ0) is 22.4. The Labute approximate surface area is 169 Å². The van der Waals surface area contributed by atoms with Crippen LogP contribution in [0.25, 0.3) is 11.0 Å². The van der Waals surface area contributed by atoms with E-state index in [1.54, 1.807) is 22.9 Å². The molecule has 9 heteroatoms. The summed E-state index contributed by atoms with van der Waals surface area (Å²) in [4.78, 5) is 21.7. The lowest BCUT2D eigenvalue weighted by molar-refractivity contribution is 0.331. The lowest BCUT2D eigenvalue weighted by Crippen LogP contribution is -2.42. The van der Waals surface area contributed by atoms with Crippen molar-refractivity contribution in [2.45, 2.75) is 51.1 Å². The third kappa shape index (κ3) is 3.77. The number of nitrogens with zero attached hydrogens (tertiary/aromatic N) is 4. The van der Waals surface area contributed by atoms with Gasteiger partial charge in [0.15, 0.2) is 0 Å². The van der Waals surface area contributed by atoms with E-state index in [2.05, 4.69) is 22.2 Å². The monoisotopic (exact) mass is 408 g/mol. The second-order valence-electron chi connectivity index (χ2n) is 7.81. The first kappa shape index (κ1) is 15.9. The Morgan fingerprint density at radius 1 is 1.21 bits per heavy atom. The summed E-state index contributed by atoms with van der Waals surface area (Å²) in [6.45, 7) is 2.40. The van der Waals surface area contributed by atoms with Gasteiger partial charge in [0.05, 0.1) is 6.18 Å². The fourth-order valence-electron chi connectivity index (χ4n) is 4.36. The van der Waals surface area contributed by atoms with Crippen molar-refractivity contribution in [2.75, 3.05) is 24.6 Å². The maximum atomic E-state index is 12.7. The van der Waals surface area contributed by atoms with Crippen molar-refractivity contribution in [1.29, 1.82) is 0 Å². The van der Waals surface area contributed by atoms with Gasteiger partial charge in [-0.15, -0.1) is 0 Å². The predicted molar refractivity (Wildman–Crippen MR) is 109 cm³/mol. The first-order valence-electron chi connectivity index (χ1n) is 11.2. The molecule has 0 amide bonds. The zero-order valence-electron chi connectivity index (χ0n) is 18.8. The molecule has 2 aliphatic rings. The Hall–Kier alpha value is -2.00. The normalized spacial score (nSPS) is 26.7. The van der Waals surface area contributed by atoms with Crippen LogP contribution in [0.5, 0.6) is 0 Å². The molecule has 0 bridgehead atoms. The van der Waals surface area contributed by atoms with Crippen LogP contribution in [0.3, 0.4) is 0 Å². The van der Waals surface area contributed by atoms with Crippen LogP contribution in [0.15, 0.2) is 23.1 Å². The molecule has 28 heavy (non-hydrogen) atoms. The van der Waals surface area contributed by atoms with E-state index in [0.717, 1.165) is 29.0 Å². The molecule has 1 saturated carbocycles. The summed E-state index contributed by atoms with van der Waals surface area (Å²) in [6.07, 6.45) is 2.65. The minimum atomic E-state index is -4.31. The summed E-state index contributed by atoms with van der Waals surface area (Å²) in [7, 11) is -4.31. The number of anilines is 1. The molecular weight excluding hydrogens is 378 g/mol. The van der Waals surface area contributed by atoms with E-state index in [-0.39, 0.29) is 30.7 Å². The number of nitrogens with one attached hydrogen (secondary N) is 1. The summed E-state index contributed by atoms with van der Waals surface area (Å²) >= 11 is 0. The third-order valence-corrected chi connectivity index (χ3v) is 6.99. The minimum absolute atomic E-state index is 0.0703. The summed E-state index contributed by atoms with van der Waals surface area (Å²) in [5.74, 6) is 0.786. The zero-order valence-corrected chi connectivity index (χ0v) is 16.7. The van der Waals surface area contributed by atoms with Crippen molar-refractivity contribution in [3.05, 3.63) is 28.7 Å². The van der Waals surface area contributed by atoms with Crippen molar-refractivity contribution in [3.8, 4) is 0 Å². The average molecular weight is 409 g/mol.